The van der Waals surface area contributed by atoms with E-state index in [1.54, 1.807) is 42.7 Å². The number of hydrogen-bond donors (Lipinski definition) is 1. The number of amides is 1. The zero-order valence-electron chi connectivity index (χ0n) is 17.3. The second-order valence-corrected chi connectivity index (χ2v) is 8.09. The van der Waals surface area contributed by atoms with Gasteiger partial charge in [-0.25, -0.2) is 9.18 Å². The van der Waals surface area contributed by atoms with Crippen LogP contribution in [0.5, 0.6) is 5.75 Å². The first-order valence-corrected chi connectivity index (χ1v) is 10.8. The molecule has 0 saturated carbocycles. The first-order valence-electron chi connectivity index (χ1n) is 9.96. The Hall–Kier alpha value is -4.44. The largest absolute Gasteiger partial charge is 0.423 e. The van der Waals surface area contributed by atoms with Crippen LogP contribution in [-0.2, 0) is 4.79 Å². The molecular weight excluding hydrogens is 457 g/mol. The molecule has 2 aromatic carbocycles. The molecule has 0 bridgehead atoms. The summed E-state index contributed by atoms with van der Waals surface area (Å²) in [5, 5.41) is 15.1. The summed E-state index contributed by atoms with van der Waals surface area (Å²) in [5.41, 5.74) is 1.67. The van der Waals surface area contributed by atoms with E-state index in [9.17, 15) is 14.0 Å². The molecule has 0 aliphatic carbocycles. The Balaban J connectivity index is 1.33. The maximum absolute atomic E-state index is 13.0. The summed E-state index contributed by atoms with van der Waals surface area (Å²) in [5.74, 6) is -1.42. The normalized spacial score (nSPS) is 16.3. The molecule has 10 heteroatoms. The Morgan fingerprint density at radius 1 is 1.09 bits per heavy atom. The van der Waals surface area contributed by atoms with Crippen LogP contribution in [0.2, 0.25) is 0 Å². The predicted molar refractivity (Wildman–Crippen MR) is 126 cm³/mol. The van der Waals surface area contributed by atoms with E-state index >= 15 is 0 Å². The second kappa shape index (κ2) is 8.83. The molecule has 166 valence electrons. The van der Waals surface area contributed by atoms with Crippen LogP contribution in [0.3, 0.4) is 0 Å². The Bertz CT molecular complexity index is 1400. The van der Waals surface area contributed by atoms with Gasteiger partial charge in [-0.05, 0) is 71.9 Å². The molecule has 0 radical (unpaired) electrons. The molecule has 0 saturated heterocycles. The molecule has 0 unspecified atom stereocenters. The third-order valence-corrected chi connectivity index (χ3v) is 5.80. The second-order valence-electron chi connectivity index (χ2n) is 7.13. The molecule has 2 aliphatic rings. The van der Waals surface area contributed by atoms with Gasteiger partial charge in [-0.15, -0.1) is 0 Å². The number of ether oxygens (including phenoxy) is 1. The van der Waals surface area contributed by atoms with Crippen molar-refractivity contribution in [1.82, 2.24) is 9.99 Å². The van der Waals surface area contributed by atoms with E-state index in [0.29, 0.717) is 15.8 Å². The number of aliphatic imine (C=N–C) groups is 1. The molecule has 5 rings (SSSR count). The van der Waals surface area contributed by atoms with Crippen LogP contribution in [-0.4, -0.2) is 37.9 Å². The van der Waals surface area contributed by atoms with Gasteiger partial charge in [0.15, 0.2) is 5.84 Å². The van der Waals surface area contributed by atoms with E-state index in [0.717, 1.165) is 5.56 Å². The van der Waals surface area contributed by atoms with Gasteiger partial charge in [-0.2, -0.15) is 15.1 Å². The van der Waals surface area contributed by atoms with Gasteiger partial charge in [0.05, 0.1) is 11.1 Å². The Labute approximate surface area is 197 Å². The highest BCUT2D eigenvalue weighted by molar-refractivity contribution is 8.27. The molecule has 1 amide bonds. The van der Waals surface area contributed by atoms with Crippen molar-refractivity contribution in [2.75, 3.05) is 0 Å². The van der Waals surface area contributed by atoms with Crippen molar-refractivity contribution in [1.29, 1.82) is 5.41 Å². The fourth-order valence-corrected chi connectivity index (χ4v) is 4.03. The predicted octanol–water partition coefficient (Wildman–Crippen LogP) is 4.11. The van der Waals surface area contributed by atoms with Crippen LogP contribution in [0, 0.1) is 11.2 Å². The van der Waals surface area contributed by atoms with Gasteiger partial charge < -0.3 is 4.74 Å². The monoisotopic (exact) mass is 471 g/mol. The minimum absolute atomic E-state index is 0.0802. The summed E-state index contributed by atoms with van der Waals surface area (Å²) in [7, 11) is 0. The lowest BCUT2D eigenvalue weighted by molar-refractivity contribution is -0.114. The van der Waals surface area contributed by atoms with Crippen LogP contribution in [0.15, 0.2) is 88.7 Å². The summed E-state index contributed by atoms with van der Waals surface area (Å²) in [4.78, 5) is 32.9. The van der Waals surface area contributed by atoms with Crippen molar-refractivity contribution in [3.63, 3.8) is 0 Å². The quantitative estimate of drug-likeness (QED) is 0.349. The van der Waals surface area contributed by atoms with E-state index in [1.807, 2.05) is 6.07 Å². The maximum atomic E-state index is 13.0. The molecule has 8 nitrogen and oxygen atoms in total. The third kappa shape index (κ3) is 4.26. The van der Waals surface area contributed by atoms with E-state index in [1.165, 1.54) is 47.1 Å². The number of hydrazone groups is 1. The fraction of sp³-hybridized carbons (Fsp3) is 0. The minimum atomic E-state index is -0.619. The van der Waals surface area contributed by atoms with Crippen LogP contribution < -0.4 is 4.74 Å². The molecule has 1 aromatic heterocycles. The number of amidine groups is 2. The number of nitrogens with one attached hydrogen (secondary N) is 1. The average Bonchev–Trinajstić information content (AvgIpc) is 3.28. The molecule has 1 N–H and O–H groups in total. The van der Waals surface area contributed by atoms with Gasteiger partial charge in [-0.1, -0.05) is 12.1 Å². The minimum Gasteiger partial charge on any atom is -0.423 e. The number of carbonyl (C=O) groups is 2. The molecule has 3 heterocycles. The van der Waals surface area contributed by atoms with Crippen LogP contribution in [0.4, 0.5) is 4.39 Å². The van der Waals surface area contributed by atoms with E-state index < -0.39 is 17.7 Å². The lowest BCUT2D eigenvalue weighted by Crippen LogP contribution is -2.35. The third-order valence-electron chi connectivity index (χ3n) is 4.84. The first-order chi connectivity index (χ1) is 16.5. The topological polar surface area (TPSA) is 108 Å². The lowest BCUT2D eigenvalue weighted by Gasteiger charge is -2.20. The van der Waals surface area contributed by atoms with E-state index in [2.05, 4.69) is 15.1 Å². The number of nitrogens with zero attached hydrogens (tertiary/aromatic N) is 4. The number of rotatable bonds is 4. The van der Waals surface area contributed by atoms with Crippen LogP contribution in [0.25, 0.3) is 6.08 Å². The molecule has 34 heavy (non-hydrogen) atoms. The van der Waals surface area contributed by atoms with Crippen molar-refractivity contribution >= 4 is 45.8 Å². The number of hydrogen-bond acceptors (Lipinski definition) is 7. The molecule has 0 atom stereocenters. The number of halogens is 1. The van der Waals surface area contributed by atoms with Gasteiger partial charge in [0.25, 0.3) is 5.91 Å². The number of carbonyl (C=O) groups excluding carboxylic acids is 2. The molecule has 0 spiro atoms. The first kappa shape index (κ1) is 21.4. The van der Waals surface area contributed by atoms with Gasteiger partial charge >= 0.3 is 5.97 Å². The smallest absolute Gasteiger partial charge is 0.343 e. The van der Waals surface area contributed by atoms with Crippen molar-refractivity contribution in [3.8, 4) is 5.75 Å². The maximum Gasteiger partial charge on any atom is 0.343 e. The van der Waals surface area contributed by atoms with Crippen LogP contribution >= 0.6 is 11.8 Å². The fourth-order valence-electron chi connectivity index (χ4n) is 3.15. The highest BCUT2D eigenvalue weighted by Crippen LogP contribution is 2.30. The number of thioether (sulfide) groups is 1. The summed E-state index contributed by atoms with van der Waals surface area (Å²) in [6.07, 6.45) is 4.83. The highest BCUT2D eigenvalue weighted by atomic mass is 32.2. The van der Waals surface area contributed by atoms with Crippen molar-refractivity contribution < 1.29 is 18.7 Å². The SMILES string of the molecule is N=C1/C(=C/c2ccc(OC(=O)c3ccc(F)cc3)cc2)C(=O)N=C2SC(c3cccnc3)=NN12. The van der Waals surface area contributed by atoms with Gasteiger partial charge in [0.2, 0.25) is 5.17 Å². The number of fused-ring (bicyclic) bond motifs is 1. The van der Waals surface area contributed by atoms with Crippen molar-refractivity contribution in [2.24, 2.45) is 10.1 Å². The molecular formula is C24H14FN5O3S. The zero-order chi connectivity index (χ0) is 23.7. The van der Waals surface area contributed by atoms with Crippen molar-refractivity contribution in [3.05, 3.63) is 101 Å². The van der Waals surface area contributed by atoms with E-state index in [-0.39, 0.29) is 22.7 Å². The van der Waals surface area contributed by atoms with Gasteiger partial charge in [0, 0.05) is 18.0 Å². The number of aromatic nitrogens is 1. The number of esters is 1. The number of benzene rings is 2. The van der Waals surface area contributed by atoms with Gasteiger partial charge in [0.1, 0.15) is 16.6 Å². The van der Waals surface area contributed by atoms with E-state index in [4.69, 9.17) is 10.1 Å². The molecule has 2 aliphatic heterocycles. The summed E-state index contributed by atoms with van der Waals surface area (Å²) < 4.78 is 18.3. The summed E-state index contributed by atoms with van der Waals surface area (Å²) in [6.45, 7) is 0. The lowest BCUT2D eigenvalue weighted by atomic mass is 10.1. The molecule has 0 fully saturated rings. The Morgan fingerprint density at radius 2 is 1.85 bits per heavy atom. The Morgan fingerprint density at radius 3 is 2.56 bits per heavy atom. The standard InChI is InChI=1S/C24H14FN5O3S/c25-17-7-5-15(6-8-17)23(32)33-18-9-3-14(4-10-18)12-19-20(26)30-24(28-21(19)31)34-22(29-30)16-2-1-11-27-13-16/h1-13,26H/b19-12-,26-20?. The Kier molecular flexibility index (Phi) is 5.56. The van der Waals surface area contributed by atoms with Gasteiger partial charge in [-0.3, -0.25) is 15.2 Å². The zero-order valence-corrected chi connectivity index (χ0v) is 18.1. The van der Waals surface area contributed by atoms with Crippen LogP contribution in [0.1, 0.15) is 21.5 Å². The average molecular weight is 471 g/mol. The highest BCUT2D eigenvalue weighted by Gasteiger charge is 2.36. The van der Waals surface area contributed by atoms with Crippen molar-refractivity contribution in [2.45, 2.75) is 0 Å². The number of pyridine rings is 1. The summed E-state index contributed by atoms with van der Waals surface area (Å²) in [6, 6.07) is 15.1. The molecule has 3 aromatic rings. The summed E-state index contributed by atoms with van der Waals surface area (Å²) >= 11 is 1.20.